The van der Waals surface area contributed by atoms with Gasteiger partial charge in [-0.2, -0.15) is 4.98 Å². The van der Waals surface area contributed by atoms with Crippen molar-refractivity contribution >= 4 is 0 Å². The molecule has 1 N–H and O–H groups in total. The summed E-state index contributed by atoms with van der Waals surface area (Å²) in [4.78, 5) is 4.62. The number of rotatable bonds is 3. The molecular weight excluding hydrogens is 266 g/mol. The van der Waals surface area contributed by atoms with Crippen molar-refractivity contribution in [3.8, 4) is 17.1 Å². The Morgan fingerprint density at radius 2 is 2.24 bits per heavy atom. The summed E-state index contributed by atoms with van der Waals surface area (Å²) in [6.45, 7) is 6.13. The van der Waals surface area contributed by atoms with Gasteiger partial charge in [-0.1, -0.05) is 11.2 Å². The largest absolute Gasteiger partial charge is 0.496 e. The molecule has 1 aliphatic rings. The Morgan fingerprint density at radius 3 is 2.95 bits per heavy atom. The van der Waals surface area contributed by atoms with Crippen LogP contribution in [0.2, 0.25) is 0 Å². The molecule has 0 spiro atoms. The van der Waals surface area contributed by atoms with Crippen LogP contribution in [0, 0.1) is 6.92 Å². The van der Waals surface area contributed by atoms with Crippen LogP contribution in [0.5, 0.6) is 5.75 Å². The van der Waals surface area contributed by atoms with Crippen LogP contribution in [-0.2, 0) is 5.41 Å². The Kier molecular flexibility index (Phi) is 3.68. The van der Waals surface area contributed by atoms with Crippen molar-refractivity contribution in [1.82, 2.24) is 15.5 Å². The van der Waals surface area contributed by atoms with Crippen molar-refractivity contribution in [3.63, 3.8) is 0 Å². The third-order valence-corrected chi connectivity index (χ3v) is 4.14. The van der Waals surface area contributed by atoms with Gasteiger partial charge in [-0.15, -0.1) is 0 Å². The average Bonchev–Trinajstić information content (AvgIpc) is 2.98. The summed E-state index contributed by atoms with van der Waals surface area (Å²) < 4.78 is 11.0. The molecule has 1 unspecified atom stereocenters. The molecule has 1 aromatic carbocycles. The molecule has 0 radical (unpaired) electrons. The number of piperidine rings is 1. The minimum Gasteiger partial charge on any atom is -0.496 e. The molecule has 1 aromatic heterocycles. The molecule has 0 amide bonds. The van der Waals surface area contributed by atoms with Crippen molar-refractivity contribution in [1.29, 1.82) is 0 Å². The lowest BCUT2D eigenvalue weighted by Gasteiger charge is -2.30. The molecule has 5 nitrogen and oxygen atoms in total. The van der Waals surface area contributed by atoms with Crippen LogP contribution in [0.3, 0.4) is 0 Å². The second kappa shape index (κ2) is 5.48. The molecule has 21 heavy (non-hydrogen) atoms. The van der Waals surface area contributed by atoms with Gasteiger partial charge < -0.3 is 14.6 Å². The lowest BCUT2D eigenvalue weighted by Crippen LogP contribution is -2.41. The van der Waals surface area contributed by atoms with E-state index in [1.165, 1.54) is 0 Å². The second-order valence-corrected chi connectivity index (χ2v) is 5.97. The zero-order valence-corrected chi connectivity index (χ0v) is 12.8. The summed E-state index contributed by atoms with van der Waals surface area (Å²) in [5, 5.41) is 7.55. The fourth-order valence-electron chi connectivity index (χ4n) is 2.80. The van der Waals surface area contributed by atoms with Gasteiger partial charge in [-0.05, 0) is 50.9 Å². The van der Waals surface area contributed by atoms with E-state index in [2.05, 4.69) is 22.4 Å². The lowest BCUT2D eigenvalue weighted by atomic mass is 9.83. The lowest BCUT2D eigenvalue weighted by molar-refractivity contribution is 0.245. The molecule has 0 aliphatic carbocycles. The summed E-state index contributed by atoms with van der Waals surface area (Å²) >= 11 is 0. The van der Waals surface area contributed by atoms with Crippen molar-refractivity contribution in [2.45, 2.75) is 32.1 Å². The Hall–Kier alpha value is -1.88. The van der Waals surface area contributed by atoms with Gasteiger partial charge >= 0.3 is 0 Å². The third kappa shape index (κ3) is 2.65. The predicted molar refractivity (Wildman–Crippen MR) is 80.5 cm³/mol. The fraction of sp³-hybridized carbons (Fsp3) is 0.500. The summed E-state index contributed by atoms with van der Waals surface area (Å²) in [6, 6.07) is 5.98. The third-order valence-electron chi connectivity index (χ3n) is 4.14. The highest BCUT2D eigenvalue weighted by atomic mass is 16.5. The summed E-state index contributed by atoms with van der Waals surface area (Å²) in [5.74, 6) is 2.07. The molecule has 1 fully saturated rings. The monoisotopic (exact) mass is 287 g/mol. The van der Waals surface area contributed by atoms with Crippen molar-refractivity contribution in [3.05, 3.63) is 29.7 Å². The highest BCUT2D eigenvalue weighted by Gasteiger charge is 2.34. The van der Waals surface area contributed by atoms with E-state index in [1.807, 2.05) is 25.1 Å². The van der Waals surface area contributed by atoms with E-state index < -0.39 is 0 Å². The maximum Gasteiger partial charge on any atom is 0.234 e. The zero-order valence-electron chi connectivity index (χ0n) is 12.8. The minimum absolute atomic E-state index is 0.0819. The van der Waals surface area contributed by atoms with Gasteiger partial charge in [0.05, 0.1) is 18.1 Å². The minimum atomic E-state index is -0.0819. The quantitative estimate of drug-likeness (QED) is 0.940. The SMILES string of the molecule is COc1cc(C)ccc1-c1noc(C2(C)CCCNC2)n1. The smallest absolute Gasteiger partial charge is 0.234 e. The molecule has 0 saturated carbocycles. The number of ether oxygens (including phenoxy) is 1. The molecule has 0 bridgehead atoms. The standard InChI is InChI=1S/C16H21N3O2/c1-11-5-6-12(13(9-11)20-3)14-18-15(21-19-14)16(2)7-4-8-17-10-16/h5-6,9,17H,4,7-8,10H2,1-3H3. The molecule has 1 atom stereocenters. The van der Waals surface area contributed by atoms with Crippen LogP contribution in [0.1, 0.15) is 31.2 Å². The maximum absolute atomic E-state index is 5.53. The molecule has 2 aromatic rings. The molecule has 1 aliphatic heterocycles. The fourth-order valence-corrected chi connectivity index (χ4v) is 2.80. The number of benzene rings is 1. The predicted octanol–water partition coefficient (Wildman–Crippen LogP) is 2.69. The number of hydrogen-bond acceptors (Lipinski definition) is 5. The van der Waals surface area contributed by atoms with E-state index >= 15 is 0 Å². The normalized spacial score (nSPS) is 22.2. The summed E-state index contributed by atoms with van der Waals surface area (Å²) in [7, 11) is 1.66. The van der Waals surface area contributed by atoms with Crippen LogP contribution < -0.4 is 10.1 Å². The zero-order chi connectivity index (χ0) is 14.9. The average molecular weight is 287 g/mol. The second-order valence-electron chi connectivity index (χ2n) is 5.97. The van der Waals surface area contributed by atoms with Gasteiger partial charge in [0.2, 0.25) is 11.7 Å². The van der Waals surface area contributed by atoms with Gasteiger partial charge in [0.15, 0.2) is 0 Å². The van der Waals surface area contributed by atoms with E-state index in [4.69, 9.17) is 9.26 Å². The van der Waals surface area contributed by atoms with E-state index in [1.54, 1.807) is 7.11 Å². The Balaban J connectivity index is 1.95. The van der Waals surface area contributed by atoms with Crippen molar-refractivity contribution < 1.29 is 9.26 Å². The first-order valence-corrected chi connectivity index (χ1v) is 7.32. The molecule has 112 valence electrons. The van der Waals surface area contributed by atoms with E-state index in [9.17, 15) is 0 Å². The number of nitrogens with zero attached hydrogens (tertiary/aromatic N) is 2. The van der Waals surface area contributed by atoms with Crippen LogP contribution in [0.15, 0.2) is 22.7 Å². The van der Waals surface area contributed by atoms with Gasteiger partial charge in [0, 0.05) is 6.54 Å². The van der Waals surface area contributed by atoms with Gasteiger partial charge in [-0.3, -0.25) is 0 Å². The topological polar surface area (TPSA) is 60.2 Å². The Bertz CT molecular complexity index is 630. The van der Waals surface area contributed by atoms with Gasteiger partial charge in [-0.25, -0.2) is 0 Å². The van der Waals surface area contributed by atoms with Crippen LogP contribution >= 0.6 is 0 Å². The first kappa shape index (κ1) is 14.1. The molecule has 2 heterocycles. The highest BCUT2D eigenvalue weighted by molar-refractivity contribution is 5.64. The van der Waals surface area contributed by atoms with E-state index in [0.717, 1.165) is 42.8 Å². The van der Waals surface area contributed by atoms with Gasteiger partial charge in [0.25, 0.3) is 0 Å². The van der Waals surface area contributed by atoms with Crippen molar-refractivity contribution in [2.75, 3.05) is 20.2 Å². The number of nitrogens with one attached hydrogen (secondary N) is 1. The molecule has 3 rings (SSSR count). The maximum atomic E-state index is 5.53. The molecule has 5 heteroatoms. The van der Waals surface area contributed by atoms with Crippen LogP contribution in [0.25, 0.3) is 11.4 Å². The first-order chi connectivity index (χ1) is 10.1. The first-order valence-electron chi connectivity index (χ1n) is 7.32. The Labute approximate surface area is 124 Å². The summed E-state index contributed by atoms with van der Waals surface area (Å²) in [5.41, 5.74) is 1.93. The van der Waals surface area contributed by atoms with E-state index in [0.29, 0.717) is 11.7 Å². The molecule has 1 saturated heterocycles. The number of methoxy groups -OCH3 is 1. The number of aryl methyl sites for hydroxylation is 1. The van der Waals surface area contributed by atoms with Gasteiger partial charge in [0.1, 0.15) is 5.75 Å². The highest BCUT2D eigenvalue weighted by Crippen LogP contribution is 2.33. The Morgan fingerprint density at radius 1 is 1.38 bits per heavy atom. The van der Waals surface area contributed by atoms with Crippen LogP contribution in [-0.4, -0.2) is 30.3 Å². The number of hydrogen-bond donors (Lipinski definition) is 1. The van der Waals surface area contributed by atoms with E-state index in [-0.39, 0.29) is 5.41 Å². The van der Waals surface area contributed by atoms with Crippen LogP contribution in [0.4, 0.5) is 0 Å². The number of aromatic nitrogens is 2. The molecular formula is C16H21N3O2. The summed E-state index contributed by atoms with van der Waals surface area (Å²) in [6.07, 6.45) is 2.19. The van der Waals surface area contributed by atoms with Crippen molar-refractivity contribution in [2.24, 2.45) is 0 Å².